The molecule has 2 aromatic rings. The molecular weight excluding hydrogens is 414 g/mol. The number of ether oxygens (including phenoxy) is 2. The molecule has 1 fully saturated rings. The van der Waals surface area contributed by atoms with Crippen LogP contribution in [0.2, 0.25) is 0 Å². The number of benzene rings is 2. The number of allylic oxidation sites excluding steroid dienone is 1. The molecule has 9 heteroatoms. The molecule has 0 aliphatic carbocycles. The highest BCUT2D eigenvalue weighted by Gasteiger charge is 2.45. The molecule has 1 unspecified atom stereocenters. The summed E-state index contributed by atoms with van der Waals surface area (Å²) >= 11 is 0. The first kappa shape index (κ1) is 22.5. The summed E-state index contributed by atoms with van der Waals surface area (Å²) in [6.07, 6.45) is 2.40. The summed E-state index contributed by atoms with van der Waals surface area (Å²) in [6, 6.07) is 13.9. The summed E-state index contributed by atoms with van der Waals surface area (Å²) in [5, 5.41) is 0.872. The molecule has 1 aliphatic heterocycles. The lowest BCUT2D eigenvalue weighted by Gasteiger charge is -2.26. The molecule has 0 radical (unpaired) electrons. The maximum Gasteiger partial charge on any atom is 0.276 e. The van der Waals surface area contributed by atoms with E-state index >= 15 is 0 Å². The smallest absolute Gasteiger partial charge is 0.276 e. The van der Waals surface area contributed by atoms with Crippen LogP contribution in [0.5, 0.6) is 11.5 Å². The Morgan fingerprint density at radius 2 is 1.84 bits per heavy atom. The number of imide groups is 1. The van der Waals surface area contributed by atoms with Crippen molar-refractivity contribution in [2.75, 3.05) is 18.6 Å². The summed E-state index contributed by atoms with van der Waals surface area (Å²) < 4.78 is 10.5. The fourth-order valence-electron chi connectivity index (χ4n) is 3.18. The zero-order chi connectivity index (χ0) is 23.1. The van der Waals surface area contributed by atoms with Gasteiger partial charge in [-0.1, -0.05) is 30.3 Å². The van der Waals surface area contributed by atoms with Crippen molar-refractivity contribution in [2.24, 2.45) is 0 Å². The van der Waals surface area contributed by atoms with E-state index in [1.54, 1.807) is 61.5 Å². The number of para-hydroxylation sites is 1. The third-order valence-electron chi connectivity index (χ3n) is 4.65. The van der Waals surface area contributed by atoms with Crippen LogP contribution in [0.4, 0.5) is 5.69 Å². The highest BCUT2D eigenvalue weighted by Crippen LogP contribution is 2.28. The quantitative estimate of drug-likeness (QED) is 0.403. The van der Waals surface area contributed by atoms with Gasteiger partial charge in [-0.15, -0.1) is 0 Å². The van der Waals surface area contributed by atoms with E-state index in [2.05, 4.69) is 5.43 Å². The van der Waals surface area contributed by atoms with Gasteiger partial charge in [0.15, 0.2) is 6.61 Å². The minimum absolute atomic E-state index is 0.279. The fourth-order valence-corrected chi connectivity index (χ4v) is 3.18. The van der Waals surface area contributed by atoms with Gasteiger partial charge in [-0.25, -0.2) is 9.91 Å². The average molecular weight is 437 g/mol. The van der Waals surface area contributed by atoms with Gasteiger partial charge < -0.3 is 9.47 Å². The lowest BCUT2D eigenvalue weighted by atomic mass is 10.2. The Labute approximate surface area is 185 Å². The van der Waals surface area contributed by atoms with Gasteiger partial charge in [-0.05, 0) is 31.2 Å². The maximum absolute atomic E-state index is 13.1. The predicted octanol–water partition coefficient (Wildman–Crippen LogP) is 1.84. The second kappa shape index (κ2) is 10.3. The van der Waals surface area contributed by atoms with Crippen molar-refractivity contribution in [2.45, 2.75) is 19.4 Å². The molecule has 4 amide bonds. The Hall–Kier alpha value is -4.14. The van der Waals surface area contributed by atoms with Crippen LogP contribution >= 0.6 is 0 Å². The third kappa shape index (κ3) is 5.12. The van der Waals surface area contributed by atoms with Gasteiger partial charge in [0.25, 0.3) is 17.7 Å². The molecule has 1 saturated heterocycles. The Balaban J connectivity index is 1.77. The SMILES string of the molecule is CC=CC(=O)N(NC(=O)COc1ccccc1)C1CC(=O)N(c2cccc(OC)c2)C1=O. The lowest BCUT2D eigenvalue weighted by Crippen LogP contribution is -2.55. The predicted molar refractivity (Wildman–Crippen MR) is 116 cm³/mol. The zero-order valence-corrected chi connectivity index (χ0v) is 17.7. The molecule has 1 heterocycles. The molecule has 2 aromatic carbocycles. The summed E-state index contributed by atoms with van der Waals surface area (Å²) in [5.41, 5.74) is 2.72. The standard InChI is InChI=1S/C23H23N3O6/c1-3-8-21(28)26(24-20(27)15-32-17-10-5-4-6-11-17)19-14-22(29)25(23(19)30)16-9-7-12-18(13-16)31-2/h3-13,19H,14-15H2,1-2H3,(H,24,27). The number of hydrogen-bond donors (Lipinski definition) is 1. The molecule has 166 valence electrons. The summed E-state index contributed by atoms with van der Waals surface area (Å²) in [7, 11) is 1.47. The first-order chi connectivity index (χ1) is 15.4. The fraction of sp³-hybridized carbons (Fsp3) is 0.217. The van der Waals surface area contributed by atoms with Gasteiger partial charge in [0.05, 0.1) is 19.2 Å². The maximum atomic E-state index is 13.1. The van der Waals surface area contributed by atoms with E-state index in [4.69, 9.17) is 9.47 Å². The minimum Gasteiger partial charge on any atom is -0.497 e. The average Bonchev–Trinajstić information content (AvgIpc) is 3.10. The van der Waals surface area contributed by atoms with Gasteiger partial charge >= 0.3 is 0 Å². The van der Waals surface area contributed by atoms with Gasteiger partial charge in [0, 0.05) is 12.1 Å². The highest BCUT2D eigenvalue weighted by atomic mass is 16.5. The van der Waals surface area contributed by atoms with Gasteiger partial charge in [0.2, 0.25) is 5.91 Å². The topological polar surface area (TPSA) is 105 Å². The van der Waals surface area contributed by atoms with Crippen molar-refractivity contribution < 1.29 is 28.7 Å². The van der Waals surface area contributed by atoms with Gasteiger partial charge in [0.1, 0.15) is 17.5 Å². The van der Waals surface area contributed by atoms with E-state index in [1.165, 1.54) is 19.3 Å². The van der Waals surface area contributed by atoms with Crippen LogP contribution in [0.25, 0.3) is 0 Å². The Bertz CT molecular complexity index is 1040. The largest absolute Gasteiger partial charge is 0.497 e. The normalized spacial score (nSPS) is 15.7. The van der Waals surface area contributed by atoms with Gasteiger partial charge in [-0.3, -0.25) is 24.6 Å². The first-order valence-electron chi connectivity index (χ1n) is 9.88. The van der Waals surface area contributed by atoms with Gasteiger partial charge in [-0.2, -0.15) is 0 Å². The van der Waals surface area contributed by atoms with Crippen LogP contribution in [-0.2, 0) is 19.2 Å². The number of carbonyl (C=O) groups excluding carboxylic acids is 4. The summed E-state index contributed by atoms with van der Waals surface area (Å²) in [4.78, 5) is 51.8. The van der Waals surface area contributed by atoms with Crippen LogP contribution in [0.1, 0.15) is 13.3 Å². The molecule has 0 aromatic heterocycles. The number of amides is 4. The van der Waals surface area contributed by atoms with Crippen LogP contribution in [0, 0.1) is 0 Å². The molecule has 1 N–H and O–H groups in total. The van der Waals surface area contributed by atoms with Crippen molar-refractivity contribution in [1.29, 1.82) is 0 Å². The second-order valence-corrected chi connectivity index (χ2v) is 6.83. The summed E-state index contributed by atoms with van der Waals surface area (Å²) in [6.45, 7) is 1.25. The Morgan fingerprint density at radius 3 is 2.53 bits per heavy atom. The molecule has 0 spiro atoms. The van der Waals surface area contributed by atoms with E-state index in [0.29, 0.717) is 17.2 Å². The number of nitrogens with zero attached hydrogens (tertiary/aromatic N) is 2. The second-order valence-electron chi connectivity index (χ2n) is 6.83. The van der Waals surface area contributed by atoms with E-state index in [9.17, 15) is 19.2 Å². The number of rotatable bonds is 7. The molecule has 1 atom stereocenters. The van der Waals surface area contributed by atoms with Crippen molar-refractivity contribution in [3.05, 3.63) is 66.7 Å². The molecular formula is C23H23N3O6. The number of carbonyl (C=O) groups is 4. The van der Waals surface area contributed by atoms with E-state index < -0.39 is 29.7 Å². The monoisotopic (exact) mass is 437 g/mol. The van der Waals surface area contributed by atoms with Crippen molar-refractivity contribution in [1.82, 2.24) is 10.4 Å². The lowest BCUT2D eigenvalue weighted by molar-refractivity contribution is -0.144. The highest BCUT2D eigenvalue weighted by molar-refractivity contribution is 6.23. The Morgan fingerprint density at radius 1 is 1.12 bits per heavy atom. The summed E-state index contributed by atoms with van der Waals surface area (Å²) in [5.74, 6) is -1.47. The number of hydrogen-bond acceptors (Lipinski definition) is 6. The van der Waals surface area contributed by atoms with Crippen molar-refractivity contribution >= 4 is 29.3 Å². The number of anilines is 1. The van der Waals surface area contributed by atoms with Crippen LogP contribution < -0.4 is 19.8 Å². The van der Waals surface area contributed by atoms with Crippen LogP contribution in [-0.4, -0.2) is 48.4 Å². The zero-order valence-electron chi connectivity index (χ0n) is 17.7. The van der Waals surface area contributed by atoms with Crippen LogP contribution in [0.15, 0.2) is 66.7 Å². The van der Waals surface area contributed by atoms with E-state index in [0.717, 1.165) is 9.91 Å². The number of nitrogens with one attached hydrogen (secondary N) is 1. The molecule has 0 bridgehead atoms. The molecule has 0 saturated carbocycles. The van der Waals surface area contributed by atoms with E-state index in [-0.39, 0.29) is 13.0 Å². The van der Waals surface area contributed by atoms with Crippen LogP contribution in [0.3, 0.4) is 0 Å². The number of hydrazine groups is 1. The Kier molecular flexibility index (Phi) is 7.22. The molecule has 1 aliphatic rings. The minimum atomic E-state index is -1.20. The number of methoxy groups -OCH3 is 1. The van der Waals surface area contributed by atoms with Crippen molar-refractivity contribution in [3.8, 4) is 11.5 Å². The van der Waals surface area contributed by atoms with E-state index in [1.807, 2.05) is 0 Å². The first-order valence-corrected chi connectivity index (χ1v) is 9.88. The molecule has 32 heavy (non-hydrogen) atoms. The molecule has 3 rings (SSSR count). The molecule has 9 nitrogen and oxygen atoms in total. The third-order valence-corrected chi connectivity index (χ3v) is 4.65. The van der Waals surface area contributed by atoms with Crippen molar-refractivity contribution in [3.63, 3.8) is 0 Å².